The number of aliphatic carboxylic acids is 1. The molecular formula is C12H19NO4. The molecule has 2 aliphatic carbocycles. The maximum Gasteiger partial charge on any atom is 0.306 e. The Balaban J connectivity index is 1.76. The summed E-state index contributed by atoms with van der Waals surface area (Å²) in [6.45, 7) is 2.49. The molecule has 2 aliphatic rings. The summed E-state index contributed by atoms with van der Waals surface area (Å²) in [7, 11) is 0. The van der Waals surface area contributed by atoms with Crippen molar-refractivity contribution >= 4 is 11.9 Å². The first-order chi connectivity index (χ1) is 8.11. The molecule has 0 aromatic carbocycles. The SMILES string of the molecule is CCOCC(=O)N[C@@H]1C[C@@H]2CC(C(=O)O)C[C@@H]21. The van der Waals surface area contributed by atoms with E-state index in [0.717, 1.165) is 12.8 Å². The van der Waals surface area contributed by atoms with Gasteiger partial charge >= 0.3 is 5.97 Å². The van der Waals surface area contributed by atoms with E-state index < -0.39 is 5.97 Å². The molecule has 1 unspecified atom stereocenters. The molecule has 1 amide bonds. The molecule has 5 nitrogen and oxygen atoms in total. The summed E-state index contributed by atoms with van der Waals surface area (Å²) in [5, 5.41) is 11.9. The lowest BCUT2D eigenvalue weighted by atomic mass is 9.71. The third kappa shape index (κ3) is 2.60. The van der Waals surface area contributed by atoms with Crippen LogP contribution in [0.3, 0.4) is 0 Å². The van der Waals surface area contributed by atoms with Gasteiger partial charge in [0.05, 0.1) is 5.92 Å². The van der Waals surface area contributed by atoms with Crippen LogP contribution in [-0.2, 0) is 14.3 Å². The van der Waals surface area contributed by atoms with E-state index >= 15 is 0 Å². The summed E-state index contributed by atoms with van der Waals surface area (Å²) in [6.07, 6.45) is 2.41. The molecule has 2 N–H and O–H groups in total. The molecule has 4 atom stereocenters. The summed E-state index contributed by atoms with van der Waals surface area (Å²) in [5.41, 5.74) is 0. The summed E-state index contributed by atoms with van der Waals surface area (Å²) in [6, 6.07) is 0.164. The van der Waals surface area contributed by atoms with Gasteiger partial charge < -0.3 is 15.2 Å². The Kier molecular flexibility index (Phi) is 3.66. The molecule has 0 saturated heterocycles. The van der Waals surface area contributed by atoms with Gasteiger partial charge in [0.15, 0.2) is 0 Å². The molecule has 0 radical (unpaired) electrons. The first-order valence-electron chi connectivity index (χ1n) is 6.21. The van der Waals surface area contributed by atoms with Gasteiger partial charge in [0, 0.05) is 12.6 Å². The van der Waals surface area contributed by atoms with Gasteiger partial charge in [-0.1, -0.05) is 0 Å². The van der Waals surface area contributed by atoms with E-state index in [-0.39, 0.29) is 24.5 Å². The normalized spacial score (nSPS) is 34.9. The molecule has 17 heavy (non-hydrogen) atoms. The Morgan fingerprint density at radius 3 is 2.76 bits per heavy atom. The number of amides is 1. The average Bonchev–Trinajstić information content (AvgIpc) is 2.61. The van der Waals surface area contributed by atoms with Crippen molar-refractivity contribution < 1.29 is 19.4 Å². The van der Waals surface area contributed by atoms with Crippen LogP contribution in [0.2, 0.25) is 0 Å². The fraction of sp³-hybridized carbons (Fsp3) is 0.833. The van der Waals surface area contributed by atoms with Crippen molar-refractivity contribution in [3.8, 4) is 0 Å². The predicted molar refractivity (Wildman–Crippen MR) is 60.4 cm³/mol. The molecule has 0 spiro atoms. The second-order valence-electron chi connectivity index (χ2n) is 4.98. The Hall–Kier alpha value is -1.10. The van der Waals surface area contributed by atoms with Crippen LogP contribution in [0.1, 0.15) is 26.2 Å². The average molecular weight is 241 g/mol. The number of carboxylic acids is 1. The van der Waals surface area contributed by atoms with Gasteiger partial charge in [-0.15, -0.1) is 0 Å². The van der Waals surface area contributed by atoms with E-state index in [1.807, 2.05) is 6.92 Å². The van der Waals surface area contributed by atoms with Crippen LogP contribution in [0.5, 0.6) is 0 Å². The summed E-state index contributed by atoms with van der Waals surface area (Å²) in [5.74, 6) is -0.137. The summed E-state index contributed by atoms with van der Waals surface area (Å²) < 4.78 is 5.03. The van der Waals surface area contributed by atoms with Crippen molar-refractivity contribution in [1.29, 1.82) is 0 Å². The lowest BCUT2D eigenvalue weighted by Gasteiger charge is -2.40. The molecule has 5 heteroatoms. The van der Waals surface area contributed by atoms with Crippen molar-refractivity contribution in [3.63, 3.8) is 0 Å². The van der Waals surface area contributed by atoms with E-state index in [9.17, 15) is 9.59 Å². The lowest BCUT2D eigenvalue weighted by molar-refractivity contribution is -0.141. The van der Waals surface area contributed by atoms with Gasteiger partial charge in [0.2, 0.25) is 5.91 Å². The minimum absolute atomic E-state index is 0.0888. The van der Waals surface area contributed by atoms with E-state index in [1.54, 1.807) is 0 Å². The van der Waals surface area contributed by atoms with Crippen molar-refractivity contribution in [2.24, 2.45) is 17.8 Å². The van der Waals surface area contributed by atoms with Crippen molar-refractivity contribution in [2.75, 3.05) is 13.2 Å². The number of carboxylic acid groups (broad SMARTS) is 1. The van der Waals surface area contributed by atoms with Gasteiger partial charge in [-0.2, -0.15) is 0 Å². The Bertz CT molecular complexity index is 318. The van der Waals surface area contributed by atoms with Crippen LogP contribution >= 0.6 is 0 Å². The highest BCUT2D eigenvalue weighted by atomic mass is 16.5. The van der Waals surface area contributed by atoms with Gasteiger partial charge in [-0.05, 0) is 38.0 Å². The Morgan fingerprint density at radius 1 is 1.35 bits per heavy atom. The molecule has 96 valence electrons. The van der Waals surface area contributed by atoms with Crippen LogP contribution in [0.25, 0.3) is 0 Å². The molecular weight excluding hydrogens is 222 g/mol. The summed E-state index contributed by atoms with van der Waals surface area (Å²) >= 11 is 0. The summed E-state index contributed by atoms with van der Waals surface area (Å²) in [4.78, 5) is 22.3. The van der Waals surface area contributed by atoms with Gasteiger partial charge in [-0.3, -0.25) is 9.59 Å². The third-order valence-electron chi connectivity index (χ3n) is 3.96. The highest BCUT2D eigenvalue weighted by Gasteiger charge is 2.49. The smallest absolute Gasteiger partial charge is 0.306 e. The van der Waals surface area contributed by atoms with E-state index in [4.69, 9.17) is 9.84 Å². The highest BCUT2D eigenvalue weighted by molar-refractivity contribution is 5.77. The maximum atomic E-state index is 11.5. The Labute approximate surface area is 101 Å². The first kappa shape index (κ1) is 12.4. The number of rotatable bonds is 5. The zero-order chi connectivity index (χ0) is 12.4. The quantitative estimate of drug-likeness (QED) is 0.740. The standard InChI is InChI=1S/C12H19NO4/c1-2-17-6-11(14)13-10-5-7-3-8(12(15)16)4-9(7)10/h7-10H,2-6H2,1H3,(H,13,14)(H,15,16)/t7-,8?,9-,10+/m0/s1. The number of ether oxygens (including phenoxy) is 1. The predicted octanol–water partition coefficient (Wildman–Crippen LogP) is 0.638. The molecule has 2 saturated carbocycles. The molecule has 2 rings (SSSR count). The fourth-order valence-electron chi connectivity index (χ4n) is 3.04. The van der Waals surface area contributed by atoms with Crippen LogP contribution in [0.4, 0.5) is 0 Å². The van der Waals surface area contributed by atoms with Gasteiger partial charge in [0.25, 0.3) is 0 Å². The molecule has 0 bridgehead atoms. The third-order valence-corrected chi connectivity index (χ3v) is 3.96. The number of hydrogen-bond donors (Lipinski definition) is 2. The zero-order valence-corrected chi connectivity index (χ0v) is 10.0. The minimum Gasteiger partial charge on any atom is -0.481 e. The number of carbonyl (C=O) groups is 2. The minimum atomic E-state index is -0.696. The topological polar surface area (TPSA) is 75.6 Å². The lowest BCUT2D eigenvalue weighted by Crippen LogP contribution is -2.51. The van der Waals surface area contributed by atoms with Crippen LogP contribution in [-0.4, -0.2) is 36.2 Å². The van der Waals surface area contributed by atoms with E-state index in [1.165, 1.54) is 0 Å². The fourth-order valence-corrected chi connectivity index (χ4v) is 3.04. The molecule has 0 aromatic heterocycles. The first-order valence-corrected chi connectivity index (χ1v) is 6.21. The van der Waals surface area contributed by atoms with E-state index in [0.29, 0.717) is 24.9 Å². The van der Waals surface area contributed by atoms with Gasteiger partial charge in [-0.25, -0.2) is 0 Å². The maximum absolute atomic E-state index is 11.5. The Morgan fingerprint density at radius 2 is 2.12 bits per heavy atom. The van der Waals surface area contributed by atoms with Crippen molar-refractivity contribution in [2.45, 2.75) is 32.2 Å². The second kappa shape index (κ2) is 5.04. The second-order valence-corrected chi connectivity index (χ2v) is 4.98. The van der Waals surface area contributed by atoms with Gasteiger partial charge in [0.1, 0.15) is 6.61 Å². The largest absolute Gasteiger partial charge is 0.481 e. The van der Waals surface area contributed by atoms with Crippen molar-refractivity contribution in [3.05, 3.63) is 0 Å². The van der Waals surface area contributed by atoms with Crippen LogP contribution in [0, 0.1) is 17.8 Å². The molecule has 0 aromatic rings. The van der Waals surface area contributed by atoms with E-state index in [2.05, 4.69) is 5.32 Å². The monoisotopic (exact) mass is 241 g/mol. The zero-order valence-electron chi connectivity index (χ0n) is 10.0. The van der Waals surface area contributed by atoms with Crippen molar-refractivity contribution in [1.82, 2.24) is 5.32 Å². The molecule has 0 heterocycles. The van der Waals surface area contributed by atoms with Crippen LogP contribution in [0.15, 0.2) is 0 Å². The highest BCUT2D eigenvalue weighted by Crippen LogP contribution is 2.49. The number of hydrogen-bond acceptors (Lipinski definition) is 3. The van der Waals surface area contributed by atoms with Crippen LogP contribution < -0.4 is 5.32 Å². The number of fused-ring (bicyclic) bond motifs is 1. The number of nitrogens with one attached hydrogen (secondary N) is 1. The number of carbonyl (C=O) groups excluding carboxylic acids is 1. The molecule has 2 fully saturated rings. The molecule has 0 aliphatic heterocycles.